The minimum absolute atomic E-state index is 0.200. The van der Waals surface area contributed by atoms with Crippen LogP contribution in [-0.4, -0.2) is 38.5 Å². The third kappa shape index (κ3) is 3.70. The van der Waals surface area contributed by atoms with Gasteiger partial charge in [-0.3, -0.25) is 14.0 Å². The lowest BCUT2D eigenvalue weighted by atomic mass is 10.2. The fraction of sp³-hybridized carbons (Fsp3) is 0.389. The third-order valence-corrected chi connectivity index (χ3v) is 4.23. The molecule has 8 nitrogen and oxygen atoms in total. The number of aryl methyl sites for hydroxylation is 2. The highest BCUT2D eigenvalue weighted by Crippen LogP contribution is 2.13. The van der Waals surface area contributed by atoms with Crippen molar-refractivity contribution in [1.82, 2.24) is 24.6 Å². The van der Waals surface area contributed by atoms with Crippen molar-refractivity contribution in [3.63, 3.8) is 0 Å². The molecule has 3 rings (SSSR count). The Morgan fingerprint density at radius 1 is 1.35 bits per heavy atom. The predicted octanol–water partition coefficient (Wildman–Crippen LogP) is 1.34. The summed E-state index contributed by atoms with van der Waals surface area (Å²) in [4.78, 5) is 27.3. The summed E-state index contributed by atoms with van der Waals surface area (Å²) in [6.45, 7) is 5.76. The second-order valence-electron chi connectivity index (χ2n) is 6.09. The lowest BCUT2D eigenvalue weighted by Gasteiger charge is -2.07. The Balaban J connectivity index is 1.75. The normalized spacial score (nSPS) is 11.2. The Labute approximate surface area is 150 Å². The van der Waals surface area contributed by atoms with Crippen LogP contribution in [0, 0.1) is 6.92 Å². The summed E-state index contributed by atoms with van der Waals surface area (Å²) >= 11 is 0. The molecule has 0 aliphatic carbocycles. The molecule has 0 fully saturated rings. The number of aromatic amines is 1. The first kappa shape index (κ1) is 17.9. The Hall–Kier alpha value is -2.87. The van der Waals surface area contributed by atoms with Crippen molar-refractivity contribution in [2.75, 3.05) is 13.2 Å². The number of hydrogen-bond acceptors (Lipinski definition) is 4. The monoisotopic (exact) mass is 357 g/mol. The Morgan fingerprint density at radius 2 is 2.15 bits per heavy atom. The molecule has 2 heterocycles. The molecule has 138 valence electrons. The van der Waals surface area contributed by atoms with Gasteiger partial charge in [0.05, 0.1) is 42.1 Å². The van der Waals surface area contributed by atoms with Gasteiger partial charge in [-0.1, -0.05) is 0 Å². The maximum absolute atomic E-state index is 12.4. The van der Waals surface area contributed by atoms with E-state index in [-0.39, 0.29) is 11.6 Å². The molecule has 0 saturated carbocycles. The second kappa shape index (κ2) is 7.57. The number of imidazole rings is 1. The SMILES string of the molecule is CCOCCn1c(=O)[nH]c2cc(C(=O)NCc3cc(C)nn3C)ccc21. The largest absolute Gasteiger partial charge is 0.380 e. The first-order valence-electron chi connectivity index (χ1n) is 8.57. The molecule has 0 unspecified atom stereocenters. The van der Waals surface area contributed by atoms with Crippen LogP contribution in [0.4, 0.5) is 0 Å². The molecule has 0 atom stereocenters. The molecule has 2 N–H and O–H groups in total. The van der Waals surface area contributed by atoms with Gasteiger partial charge < -0.3 is 15.0 Å². The van der Waals surface area contributed by atoms with Gasteiger partial charge in [-0.2, -0.15) is 5.10 Å². The molecule has 0 bridgehead atoms. The number of fused-ring (bicyclic) bond motifs is 1. The summed E-state index contributed by atoms with van der Waals surface area (Å²) in [5.41, 5.74) is 3.51. The fourth-order valence-electron chi connectivity index (χ4n) is 2.93. The zero-order valence-electron chi connectivity index (χ0n) is 15.2. The van der Waals surface area contributed by atoms with Crippen LogP contribution in [0.15, 0.2) is 29.1 Å². The van der Waals surface area contributed by atoms with E-state index in [9.17, 15) is 9.59 Å². The van der Waals surface area contributed by atoms with Crippen molar-refractivity contribution in [1.29, 1.82) is 0 Å². The first-order chi connectivity index (χ1) is 12.5. The van der Waals surface area contributed by atoms with Gasteiger partial charge in [0.1, 0.15) is 0 Å². The number of amides is 1. The highest BCUT2D eigenvalue weighted by atomic mass is 16.5. The van der Waals surface area contributed by atoms with E-state index in [0.29, 0.717) is 37.4 Å². The highest BCUT2D eigenvalue weighted by molar-refractivity contribution is 5.97. The fourth-order valence-corrected chi connectivity index (χ4v) is 2.93. The predicted molar refractivity (Wildman–Crippen MR) is 98.2 cm³/mol. The van der Waals surface area contributed by atoms with Crippen molar-refractivity contribution in [2.45, 2.75) is 26.9 Å². The van der Waals surface area contributed by atoms with Crippen molar-refractivity contribution >= 4 is 16.9 Å². The number of rotatable bonds is 7. The number of aromatic nitrogens is 4. The van der Waals surface area contributed by atoms with Gasteiger partial charge in [-0.15, -0.1) is 0 Å². The number of hydrogen-bond donors (Lipinski definition) is 2. The van der Waals surface area contributed by atoms with E-state index in [1.165, 1.54) is 0 Å². The van der Waals surface area contributed by atoms with Crippen LogP contribution in [0.2, 0.25) is 0 Å². The standard InChI is InChI=1S/C18H23N5O3/c1-4-26-8-7-23-16-6-5-13(10-15(16)20-18(23)25)17(24)19-11-14-9-12(2)21-22(14)3/h5-6,9-10H,4,7-8,11H2,1-3H3,(H,19,24)(H,20,25). The van der Waals surface area contributed by atoms with Gasteiger partial charge >= 0.3 is 5.69 Å². The lowest BCUT2D eigenvalue weighted by molar-refractivity contribution is 0.0950. The van der Waals surface area contributed by atoms with Crippen LogP contribution in [0.5, 0.6) is 0 Å². The highest BCUT2D eigenvalue weighted by Gasteiger charge is 2.12. The molecule has 1 aromatic carbocycles. The molecule has 0 spiro atoms. The van der Waals surface area contributed by atoms with Crippen LogP contribution >= 0.6 is 0 Å². The van der Waals surface area contributed by atoms with Crippen LogP contribution in [0.1, 0.15) is 28.7 Å². The molecule has 26 heavy (non-hydrogen) atoms. The van der Waals surface area contributed by atoms with Gasteiger partial charge in [0.15, 0.2) is 0 Å². The molecule has 0 radical (unpaired) electrons. The molecule has 0 aliphatic rings. The Bertz CT molecular complexity index is 983. The summed E-state index contributed by atoms with van der Waals surface area (Å²) in [5, 5.41) is 7.14. The van der Waals surface area contributed by atoms with Crippen molar-refractivity contribution < 1.29 is 9.53 Å². The maximum Gasteiger partial charge on any atom is 0.326 e. The molecule has 0 saturated heterocycles. The third-order valence-electron chi connectivity index (χ3n) is 4.23. The average molecular weight is 357 g/mol. The minimum Gasteiger partial charge on any atom is -0.380 e. The van der Waals surface area contributed by atoms with E-state index in [1.807, 2.05) is 27.0 Å². The van der Waals surface area contributed by atoms with Crippen LogP contribution in [0.3, 0.4) is 0 Å². The van der Waals surface area contributed by atoms with Gasteiger partial charge in [0.2, 0.25) is 0 Å². The number of carbonyl (C=O) groups excluding carboxylic acids is 1. The second-order valence-corrected chi connectivity index (χ2v) is 6.09. The quantitative estimate of drug-likeness (QED) is 0.624. The summed E-state index contributed by atoms with van der Waals surface area (Å²) < 4.78 is 8.67. The van der Waals surface area contributed by atoms with Crippen molar-refractivity contribution in [3.8, 4) is 0 Å². The zero-order chi connectivity index (χ0) is 18.7. The number of nitrogens with one attached hydrogen (secondary N) is 2. The van der Waals surface area contributed by atoms with Crippen molar-refractivity contribution in [3.05, 3.63) is 51.7 Å². The van der Waals surface area contributed by atoms with Gasteiger partial charge in [0, 0.05) is 19.2 Å². The summed E-state index contributed by atoms with van der Waals surface area (Å²) in [7, 11) is 1.84. The summed E-state index contributed by atoms with van der Waals surface area (Å²) in [6, 6.07) is 7.12. The van der Waals surface area contributed by atoms with Crippen molar-refractivity contribution in [2.24, 2.45) is 7.05 Å². The zero-order valence-corrected chi connectivity index (χ0v) is 15.2. The van der Waals surface area contributed by atoms with E-state index >= 15 is 0 Å². The van der Waals surface area contributed by atoms with Crippen LogP contribution < -0.4 is 11.0 Å². The number of nitrogens with zero attached hydrogens (tertiary/aromatic N) is 3. The number of benzene rings is 1. The number of ether oxygens (including phenoxy) is 1. The molecule has 8 heteroatoms. The smallest absolute Gasteiger partial charge is 0.326 e. The van der Waals surface area contributed by atoms with Gasteiger partial charge in [0.25, 0.3) is 5.91 Å². The molecular weight excluding hydrogens is 334 g/mol. The summed E-state index contributed by atoms with van der Waals surface area (Å²) in [6.07, 6.45) is 0. The van der Waals surface area contributed by atoms with E-state index in [4.69, 9.17) is 4.74 Å². The van der Waals surface area contributed by atoms with Crippen LogP contribution in [-0.2, 0) is 24.9 Å². The molecule has 1 amide bonds. The topological polar surface area (TPSA) is 93.9 Å². The van der Waals surface area contributed by atoms with E-state index in [1.54, 1.807) is 27.4 Å². The van der Waals surface area contributed by atoms with Gasteiger partial charge in [-0.05, 0) is 38.1 Å². The lowest BCUT2D eigenvalue weighted by Crippen LogP contribution is -2.24. The molecule has 0 aliphatic heterocycles. The Kier molecular flexibility index (Phi) is 5.22. The molecule has 2 aromatic heterocycles. The molecular formula is C18H23N5O3. The van der Waals surface area contributed by atoms with E-state index < -0.39 is 0 Å². The van der Waals surface area contributed by atoms with Gasteiger partial charge in [-0.25, -0.2) is 4.79 Å². The van der Waals surface area contributed by atoms with E-state index in [2.05, 4.69) is 15.4 Å². The Morgan fingerprint density at radius 3 is 2.85 bits per heavy atom. The molecule has 3 aromatic rings. The number of carbonyl (C=O) groups is 1. The van der Waals surface area contributed by atoms with Crippen LogP contribution in [0.25, 0.3) is 11.0 Å². The average Bonchev–Trinajstić information content (AvgIpc) is 3.10. The first-order valence-corrected chi connectivity index (χ1v) is 8.57. The van der Waals surface area contributed by atoms with E-state index in [0.717, 1.165) is 16.9 Å². The minimum atomic E-state index is -0.206. The number of H-pyrrole nitrogens is 1. The summed E-state index contributed by atoms with van der Waals surface area (Å²) in [5.74, 6) is -0.200. The maximum atomic E-state index is 12.4.